The van der Waals surface area contributed by atoms with Crippen molar-refractivity contribution < 1.29 is 4.79 Å². The highest BCUT2D eigenvalue weighted by atomic mass is 16.2. The maximum Gasteiger partial charge on any atom is 0.227 e. The molecule has 3 heteroatoms. The van der Waals surface area contributed by atoms with Crippen LogP contribution in [0.5, 0.6) is 0 Å². The van der Waals surface area contributed by atoms with Crippen molar-refractivity contribution in [3.05, 3.63) is 0 Å². The van der Waals surface area contributed by atoms with Crippen LogP contribution in [-0.2, 0) is 4.79 Å². The number of hydrogen-bond acceptors (Lipinski definition) is 2. The van der Waals surface area contributed by atoms with Gasteiger partial charge in [0.2, 0.25) is 5.91 Å². The summed E-state index contributed by atoms with van der Waals surface area (Å²) in [5.41, 5.74) is 0. The van der Waals surface area contributed by atoms with E-state index in [2.05, 4.69) is 4.99 Å². The topological polar surface area (TPSA) is 32.7 Å². The zero-order valence-electron chi connectivity index (χ0n) is 6.92. The Morgan fingerprint density at radius 3 is 2.73 bits per heavy atom. The van der Waals surface area contributed by atoms with Gasteiger partial charge in [0, 0.05) is 26.4 Å². The smallest absolute Gasteiger partial charge is 0.227 e. The van der Waals surface area contributed by atoms with Crippen molar-refractivity contribution in [2.75, 3.05) is 20.1 Å². The predicted octanol–water partition coefficient (Wildman–Crippen LogP) is 0.700. The first kappa shape index (κ1) is 8.24. The number of aliphatic imine (C=N–C) groups is 1. The molecule has 11 heavy (non-hydrogen) atoms. The van der Waals surface area contributed by atoms with E-state index in [1.165, 1.54) is 0 Å². The van der Waals surface area contributed by atoms with Crippen LogP contribution in [-0.4, -0.2) is 37.2 Å². The van der Waals surface area contributed by atoms with Gasteiger partial charge in [0.15, 0.2) is 0 Å². The van der Waals surface area contributed by atoms with E-state index >= 15 is 0 Å². The van der Waals surface area contributed by atoms with E-state index in [1.807, 2.05) is 4.90 Å². The summed E-state index contributed by atoms with van der Waals surface area (Å²) in [6.07, 6.45) is 4.46. The Bertz CT molecular complexity index is 159. The molecule has 0 bridgehead atoms. The lowest BCUT2D eigenvalue weighted by atomic mass is 10.4. The third kappa shape index (κ3) is 2.33. The Kier molecular flexibility index (Phi) is 3.08. The molecule has 0 radical (unpaired) electrons. The maximum atomic E-state index is 11.2. The van der Waals surface area contributed by atoms with E-state index < -0.39 is 0 Å². The molecule has 0 unspecified atom stereocenters. The lowest BCUT2D eigenvalue weighted by Gasteiger charge is -2.12. The molecule has 0 atom stereocenters. The van der Waals surface area contributed by atoms with Gasteiger partial charge in [0.05, 0.1) is 6.42 Å². The maximum absolute atomic E-state index is 11.2. The van der Waals surface area contributed by atoms with E-state index in [4.69, 9.17) is 0 Å². The first-order valence-electron chi connectivity index (χ1n) is 4.03. The standard InChI is InChI=1S/C8H14N2O/c1-9-5-4-8(11)10-6-2-3-7-10/h5H,2-4,6-7H2,1H3/b9-5+. The number of rotatable bonds is 2. The van der Waals surface area contributed by atoms with Crippen LogP contribution in [0.15, 0.2) is 4.99 Å². The number of nitrogens with zero attached hydrogens (tertiary/aromatic N) is 2. The van der Waals surface area contributed by atoms with Crippen molar-refractivity contribution in [1.29, 1.82) is 0 Å². The quantitative estimate of drug-likeness (QED) is 0.539. The zero-order valence-corrected chi connectivity index (χ0v) is 6.92. The molecule has 1 saturated heterocycles. The molecule has 0 aromatic carbocycles. The largest absolute Gasteiger partial charge is 0.342 e. The third-order valence-corrected chi connectivity index (χ3v) is 1.91. The second kappa shape index (κ2) is 4.11. The fourth-order valence-electron chi connectivity index (χ4n) is 1.27. The first-order chi connectivity index (χ1) is 5.34. The molecule has 0 N–H and O–H groups in total. The normalized spacial score (nSPS) is 18.1. The average molecular weight is 154 g/mol. The highest BCUT2D eigenvalue weighted by molar-refractivity contribution is 5.89. The number of carbonyl (C=O) groups excluding carboxylic acids is 1. The van der Waals surface area contributed by atoms with Gasteiger partial charge in [0.1, 0.15) is 0 Å². The fourth-order valence-corrected chi connectivity index (χ4v) is 1.27. The summed E-state index contributed by atoms with van der Waals surface area (Å²) in [4.78, 5) is 16.9. The molecule has 0 aromatic heterocycles. The van der Waals surface area contributed by atoms with Gasteiger partial charge < -0.3 is 9.89 Å². The van der Waals surface area contributed by atoms with Crippen LogP contribution in [0.3, 0.4) is 0 Å². The van der Waals surface area contributed by atoms with E-state index in [0.29, 0.717) is 6.42 Å². The first-order valence-corrected chi connectivity index (χ1v) is 4.03. The molecular formula is C8H14N2O. The molecule has 1 heterocycles. The number of hydrogen-bond donors (Lipinski definition) is 0. The van der Waals surface area contributed by atoms with E-state index in [9.17, 15) is 4.79 Å². The van der Waals surface area contributed by atoms with E-state index in [0.717, 1.165) is 25.9 Å². The van der Waals surface area contributed by atoms with Crippen LogP contribution >= 0.6 is 0 Å². The minimum absolute atomic E-state index is 0.216. The molecule has 1 aliphatic heterocycles. The van der Waals surface area contributed by atoms with Gasteiger partial charge in [-0.1, -0.05) is 0 Å². The van der Waals surface area contributed by atoms with Gasteiger partial charge in [-0.2, -0.15) is 0 Å². The van der Waals surface area contributed by atoms with Crippen molar-refractivity contribution >= 4 is 12.1 Å². The van der Waals surface area contributed by atoms with E-state index in [1.54, 1.807) is 13.3 Å². The average Bonchev–Trinajstić information content (AvgIpc) is 2.52. The number of amides is 1. The summed E-state index contributed by atoms with van der Waals surface area (Å²) in [6.45, 7) is 1.88. The Morgan fingerprint density at radius 1 is 1.55 bits per heavy atom. The van der Waals surface area contributed by atoms with Crippen molar-refractivity contribution in [2.24, 2.45) is 4.99 Å². The minimum atomic E-state index is 0.216. The summed E-state index contributed by atoms with van der Waals surface area (Å²) in [7, 11) is 1.69. The Hall–Kier alpha value is -0.860. The molecule has 3 nitrogen and oxygen atoms in total. The molecule has 0 spiro atoms. The van der Waals surface area contributed by atoms with E-state index in [-0.39, 0.29) is 5.91 Å². The molecule has 0 aromatic rings. The number of carbonyl (C=O) groups is 1. The van der Waals surface area contributed by atoms with Gasteiger partial charge in [-0.15, -0.1) is 0 Å². The Labute approximate surface area is 67.1 Å². The summed E-state index contributed by atoms with van der Waals surface area (Å²) in [5, 5.41) is 0. The van der Waals surface area contributed by atoms with Gasteiger partial charge in [-0.3, -0.25) is 4.79 Å². The van der Waals surface area contributed by atoms with Gasteiger partial charge in [0.25, 0.3) is 0 Å². The van der Waals surface area contributed by atoms with Crippen LogP contribution in [0.2, 0.25) is 0 Å². The van der Waals surface area contributed by atoms with Gasteiger partial charge in [-0.05, 0) is 12.8 Å². The second-order valence-electron chi connectivity index (χ2n) is 2.73. The molecule has 0 saturated carbocycles. The Balaban J connectivity index is 2.28. The number of likely N-dealkylation sites (tertiary alicyclic amines) is 1. The van der Waals surface area contributed by atoms with Crippen LogP contribution in [0, 0.1) is 0 Å². The summed E-state index contributed by atoms with van der Waals surface area (Å²) >= 11 is 0. The summed E-state index contributed by atoms with van der Waals surface area (Å²) in [6, 6.07) is 0. The zero-order chi connectivity index (χ0) is 8.10. The highest BCUT2D eigenvalue weighted by Gasteiger charge is 2.15. The summed E-state index contributed by atoms with van der Waals surface area (Å²) < 4.78 is 0. The van der Waals surface area contributed by atoms with Crippen molar-refractivity contribution in [3.8, 4) is 0 Å². The molecule has 62 valence electrons. The molecule has 1 rings (SSSR count). The van der Waals surface area contributed by atoms with Crippen molar-refractivity contribution in [3.63, 3.8) is 0 Å². The lowest BCUT2D eigenvalue weighted by Crippen LogP contribution is -2.27. The van der Waals surface area contributed by atoms with Crippen LogP contribution in [0.25, 0.3) is 0 Å². The molecule has 1 fully saturated rings. The van der Waals surface area contributed by atoms with Crippen molar-refractivity contribution in [2.45, 2.75) is 19.3 Å². The minimum Gasteiger partial charge on any atom is -0.342 e. The molecule has 1 amide bonds. The van der Waals surface area contributed by atoms with Gasteiger partial charge >= 0.3 is 0 Å². The van der Waals surface area contributed by atoms with Crippen LogP contribution in [0.4, 0.5) is 0 Å². The molecule has 0 aliphatic carbocycles. The fraction of sp³-hybridized carbons (Fsp3) is 0.750. The second-order valence-corrected chi connectivity index (χ2v) is 2.73. The third-order valence-electron chi connectivity index (χ3n) is 1.91. The lowest BCUT2D eigenvalue weighted by molar-refractivity contribution is -0.128. The Morgan fingerprint density at radius 2 is 2.18 bits per heavy atom. The molecular weight excluding hydrogens is 140 g/mol. The monoisotopic (exact) mass is 154 g/mol. The predicted molar refractivity (Wildman–Crippen MR) is 44.8 cm³/mol. The SMILES string of the molecule is C/N=C/CC(=O)N1CCCC1. The summed E-state index contributed by atoms with van der Waals surface area (Å²) in [5.74, 6) is 0.216. The molecule has 1 aliphatic rings. The van der Waals surface area contributed by atoms with Gasteiger partial charge in [-0.25, -0.2) is 0 Å². The van der Waals surface area contributed by atoms with Crippen LogP contribution in [0.1, 0.15) is 19.3 Å². The highest BCUT2D eigenvalue weighted by Crippen LogP contribution is 2.07. The van der Waals surface area contributed by atoms with Crippen LogP contribution < -0.4 is 0 Å². The van der Waals surface area contributed by atoms with Crippen molar-refractivity contribution in [1.82, 2.24) is 4.90 Å².